The molecule has 5 rings (SSSR count). The van der Waals surface area contributed by atoms with E-state index in [-0.39, 0.29) is 36.2 Å². The van der Waals surface area contributed by atoms with Crippen molar-refractivity contribution in [3.05, 3.63) is 111 Å². The fourth-order valence-electron chi connectivity index (χ4n) is 6.57. The van der Waals surface area contributed by atoms with Crippen molar-refractivity contribution in [3.63, 3.8) is 0 Å². The molecular formula is C34H36N4O7. The molecule has 2 N–H and O–H groups in total. The van der Waals surface area contributed by atoms with E-state index in [1.165, 1.54) is 34.1 Å². The van der Waals surface area contributed by atoms with E-state index < -0.39 is 47.3 Å². The maximum Gasteiger partial charge on any atom is 0.305 e. The summed E-state index contributed by atoms with van der Waals surface area (Å²) in [6, 6.07) is 20.7. The molecule has 11 nitrogen and oxygen atoms in total. The molecule has 3 atom stereocenters. The summed E-state index contributed by atoms with van der Waals surface area (Å²) in [4.78, 5) is 68.0. The highest BCUT2D eigenvalue weighted by molar-refractivity contribution is 6.00. The second kappa shape index (κ2) is 13.7. The second-order valence-electron chi connectivity index (χ2n) is 11.7. The molecule has 0 radical (unpaired) electrons. The number of aliphatic carboxylic acids is 1. The highest BCUT2D eigenvalue weighted by atomic mass is 16.6. The van der Waals surface area contributed by atoms with Crippen molar-refractivity contribution in [1.82, 2.24) is 15.1 Å². The van der Waals surface area contributed by atoms with Crippen LogP contribution in [0.2, 0.25) is 0 Å². The molecule has 0 bridgehead atoms. The minimum Gasteiger partial charge on any atom is -0.481 e. The largest absolute Gasteiger partial charge is 0.481 e. The van der Waals surface area contributed by atoms with Crippen LogP contribution >= 0.6 is 0 Å². The zero-order chi connectivity index (χ0) is 32.1. The number of amides is 3. The number of nitrogens with zero attached hydrogens (tertiary/aromatic N) is 3. The Morgan fingerprint density at radius 2 is 1.58 bits per heavy atom. The van der Waals surface area contributed by atoms with Crippen LogP contribution in [-0.2, 0) is 14.4 Å². The van der Waals surface area contributed by atoms with E-state index in [9.17, 15) is 34.4 Å². The fourth-order valence-corrected chi connectivity index (χ4v) is 6.57. The minimum atomic E-state index is -1.35. The number of carbonyl (C=O) groups excluding carboxylic acids is 3. The zero-order valence-corrected chi connectivity index (χ0v) is 25.0. The SMILES string of the molecule is Cc1cccc(C(=O)N2CCN(C(=O)C(c3ccccc3)C3CCCC3)C2C(=O)NC(CC(=O)O)c2cccc([N+](=O)[O-])c2)c1. The predicted molar refractivity (Wildman–Crippen MR) is 165 cm³/mol. The lowest BCUT2D eigenvalue weighted by atomic mass is 9.83. The fraction of sp³-hybridized carbons (Fsp3) is 0.353. The summed E-state index contributed by atoms with van der Waals surface area (Å²) in [7, 11) is 0. The molecule has 2 fully saturated rings. The van der Waals surface area contributed by atoms with Gasteiger partial charge in [-0.2, -0.15) is 0 Å². The van der Waals surface area contributed by atoms with Gasteiger partial charge in [0.15, 0.2) is 6.17 Å². The Morgan fingerprint density at radius 1 is 0.911 bits per heavy atom. The first kappa shape index (κ1) is 31.4. The molecule has 1 heterocycles. The number of nitrogens with one attached hydrogen (secondary N) is 1. The average molecular weight is 613 g/mol. The summed E-state index contributed by atoms with van der Waals surface area (Å²) in [6.45, 7) is 2.07. The Bertz CT molecular complexity index is 1590. The van der Waals surface area contributed by atoms with Gasteiger partial charge in [-0.25, -0.2) is 0 Å². The number of rotatable bonds is 10. The molecule has 2 aliphatic rings. The molecule has 3 aromatic carbocycles. The predicted octanol–water partition coefficient (Wildman–Crippen LogP) is 4.82. The van der Waals surface area contributed by atoms with Gasteiger partial charge in [0.1, 0.15) is 0 Å². The molecular weight excluding hydrogens is 576 g/mol. The lowest BCUT2D eigenvalue weighted by molar-refractivity contribution is -0.384. The molecule has 1 aliphatic carbocycles. The number of nitro groups is 1. The molecule has 0 spiro atoms. The van der Waals surface area contributed by atoms with E-state index in [4.69, 9.17) is 0 Å². The van der Waals surface area contributed by atoms with Gasteiger partial charge in [0, 0.05) is 30.8 Å². The van der Waals surface area contributed by atoms with Crippen molar-refractivity contribution in [3.8, 4) is 0 Å². The third-order valence-electron chi connectivity index (χ3n) is 8.69. The van der Waals surface area contributed by atoms with Crippen LogP contribution in [0.15, 0.2) is 78.9 Å². The Morgan fingerprint density at radius 3 is 2.24 bits per heavy atom. The van der Waals surface area contributed by atoms with E-state index in [0.717, 1.165) is 36.8 Å². The highest BCUT2D eigenvalue weighted by Crippen LogP contribution is 2.39. The van der Waals surface area contributed by atoms with Crippen molar-refractivity contribution in [1.29, 1.82) is 0 Å². The molecule has 1 aliphatic heterocycles. The van der Waals surface area contributed by atoms with E-state index in [0.29, 0.717) is 5.56 Å². The van der Waals surface area contributed by atoms with Crippen LogP contribution in [0.25, 0.3) is 0 Å². The standard InChI is InChI=1S/C34H36N4O7/c1-22-9-7-15-26(19-22)33(42)36-17-18-37(34(43)30(24-12-5-6-13-24)23-10-3-2-4-11-23)32(36)31(41)35-28(21-29(39)40)25-14-8-16-27(20-25)38(44)45/h2-4,7-11,14-16,19-20,24,28,30,32H,5-6,12-13,17-18,21H2,1H3,(H,35,41)(H,39,40). The molecule has 45 heavy (non-hydrogen) atoms. The van der Waals surface area contributed by atoms with Crippen LogP contribution in [0.3, 0.4) is 0 Å². The maximum absolute atomic E-state index is 14.5. The summed E-state index contributed by atoms with van der Waals surface area (Å²) < 4.78 is 0. The molecule has 3 unspecified atom stereocenters. The smallest absolute Gasteiger partial charge is 0.305 e. The molecule has 1 saturated heterocycles. The number of hydrogen-bond acceptors (Lipinski definition) is 6. The molecule has 234 valence electrons. The number of hydrogen-bond donors (Lipinski definition) is 2. The first-order valence-corrected chi connectivity index (χ1v) is 15.1. The number of non-ortho nitro benzene ring substituents is 1. The van der Waals surface area contributed by atoms with Crippen molar-refractivity contribution < 1.29 is 29.2 Å². The Labute approximate surface area is 261 Å². The quantitative estimate of drug-likeness (QED) is 0.246. The van der Waals surface area contributed by atoms with Crippen molar-refractivity contribution in [2.24, 2.45) is 5.92 Å². The molecule has 11 heteroatoms. The zero-order valence-electron chi connectivity index (χ0n) is 25.0. The number of aryl methyl sites for hydroxylation is 1. The first-order valence-electron chi connectivity index (χ1n) is 15.1. The van der Waals surface area contributed by atoms with Crippen LogP contribution < -0.4 is 5.32 Å². The number of carboxylic acids is 1. The summed E-state index contributed by atoms with van der Waals surface area (Å²) in [5.41, 5.74) is 2.02. The van der Waals surface area contributed by atoms with Crippen molar-refractivity contribution in [2.45, 2.75) is 57.2 Å². The molecule has 1 saturated carbocycles. The van der Waals surface area contributed by atoms with E-state index in [2.05, 4.69) is 5.32 Å². The van der Waals surface area contributed by atoms with E-state index >= 15 is 0 Å². The summed E-state index contributed by atoms with van der Waals surface area (Å²) in [5, 5.41) is 23.8. The van der Waals surface area contributed by atoms with Crippen molar-refractivity contribution in [2.75, 3.05) is 13.1 Å². The summed E-state index contributed by atoms with van der Waals surface area (Å²) in [5.74, 6) is -3.10. The third kappa shape index (κ3) is 7.03. The first-order chi connectivity index (χ1) is 21.6. The summed E-state index contributed by atoms with van der Waals surface area (Å²) >= 11 is 0. The highest BCUT2D eigenvalue weighted by Gasteiger charge is 2.47. The van der Waals surface area contributed by atoms with Crippen molar-refractivity contribution >= 4 is 29.4 Å². The Balaban J connectivity index is 1.52. The topological polar surface area (TPSA) is 150 Å². The van der Waals surface area contributed by atoms with Gasteiger partial charge >= 0.3 is 5.97 Å². The van der Waals surface area contributed by atoms with E-state index in [1.54, 1.807) is 18.2 Å². The van der Waals surface area contributed by atoms with Gasteiger partial charge in [0.25, 0.3) is 17.5 Å². The normalized spacial score (nSPS) is 17.9. The van der Waals surface area contributed by atoms with Crippen LogP contribution in [0.5, 0.6) is 0 Å². The molecule has 3 amide bonds. The second-order valence-corrected chi connectivity index (χ2v) is 11.7. The maximum atomic E-state index is 14.5. The number of benzene rings is 3. The van der Waals surface area contributed by atoms with Gasteiger partial charge < -0.3 is 20.2 Å². The number of carboxylic acid groups (broad SMARTS) is 1. The third-order valence-corrected chi connectivity index (χ3v) is 8.69. The molecule has 3 aromatic rings. The van der Waals surface area contributed by atoms with Gasteiger partial charge in [-0.15, -0.1) is 0 Å². The van der Waals surface area contributed by atoms with Crippen LogP contribution in [0, 0.1) is 23.0 Å². The number of nitro benzene ring substituents is 1. The Kier molecular flexibility index (Phi) is 9.56. The average Bonchev–Trinajstić information content (AvgIpc) is 3.72. The van der Waals surface area contributed by atoms with Crippen LogP contribution in [0.1, 0.15) is 71.1 Å². The van der Waals surface area contributed by atoms with Gasteiger partial charge in [0.05, 0.1) is 23.3 Å². The van der Waals surface area contributed by atoms with E-state index in [1.807, 2.05) is 43.3 Å². The summed E-state index contributed by atoms with van der Waals surface area (Å²) in [6.07, 6.45) is 1.83. The van der Waals surface area contributed by atoms with Gasteiger partial charge in [-0.3, -0.25) is 29.3 Å². The lowest BCUT2D eigenvalue weighted by Gasteiger charge is -2.34. The minimum absolute atomic E-state index is 0.0785. The lowest BCUT2D eigenvalue weighted by Crippen LogP contribution is -2.55. The Hall–Kier alpha value is -5.06. The molecule has 0 aromatic heterocycles. The van der Waals surface area contributed by atoms with Gasteiger partial charge in [-0.1, -0.05) is 73.0 Å². The monoisotopic (exact) mass is 612 g/mol. The van der Waals surface area contributed by atoms with Gasteiger partial charge in [0.2, 0.25) is 5.91 Å². The van der Waals surface area contributed by atoms with Crippen LogP contribution in [0.4, 0.5) is 5.69 Å². The van der Waals surface area contributed by atoms with Crippen LogP contribution in [-0.4, -0.2) is 62.8 Å². The number of carbonyl (C=O) groups is 4. The van der Waals surface area contributed by atoms with Gasteiger partial charge in [-0.05, 0) is 48.9 Å².